The lowest BCUT2D eigenvalue weighted by molar-refractivity contribution is 0.159. The monoisotopic (exact) mass is 386 g/mol. The second-order valence-electron chi connectivity index (χ2n) is 7.88. The van der Waals surface area contributed by atoms with Crippen molar-refractivity contribution in [3.05, 3.63) is 82.9 Å². The van der Waals surface area contributed by atoms with Crippen molar-refractivity contribution in [3.8, 4) is 11.1 Å². The van der Waals surface area contributed by atoms with Crippen LogP contribution in [0.2, 0.25) is 0 Å². The molecule has 29 heavy (non-hydrogen) atoms. The lowest BCUT2D eigenvalue weighted by Gasteiger charge is -2.23. The molecule has 3 aromatic carbocycles. The first kappa shape index (κ1) is 19.2. The zero-order valence-electron chi connectivity index (χ0n) is 16.8. The third kappa shape index (κ3) is 4.49. The van der Waals surface area contributed by atoms with Gasteiger partial charge in [-0.2, -0.15) is 0 Å². The van der Waals surface area contributed by atoms with E-state index in [1.165, 1.54) is 16.7 Å². The molecule has 0 saturated carbocycles. The van der Waals surface area contributed by atoms with E-state index in [4.69, 9.17) is 0 Å². The van der Waals surface area contributed by atoms with Crippen molar-refractivity contribution >= 4 is 17.4 Å². The normalized spacial score (nSPS) is 15.5. The first-order valence-corrected chi connectivity index (χ1v) is 10.0. The van der Waals surface area contributed by atoms with Gasteiger partial charge in [0.1, 0.15) is 0 Å². The quantitative estimate of drug-likeness (QED) is 0.559. The Balaban J connectivity index is 1.51. The van der Waals surface area contributed by atoms with Gasteiger partial charge in [-0.1, -0.05) is 53.6 Å². The van der Waals surface area contributed by atoms with Crippen LogP contribution in [0, 0.1) is 13.8 Å². The number of aliphatic hydroxyl groups excluding tert-OH is 1. The number of fused-ring (bicyclic) bond motifs is 1. The van der Waals surface area contributed by atoms with Gasteiger partial charge in [0, 0.05) is 17.8 Å². The summed E-state index contributed by atoms with van der Waals surface area (Å²) in [5.74, 6) is 0. The van der Waals surface area contributed by atoms with Crippen molar-refractivity contribution < 1.29 is 9.90 Å². The Hall–Kier alpha value is -3.11. The van der Waals surface area contributed by atoms with Crippen LogP contribution < -0.4 is 10.6 Å². The van der Waals surface area contributed by atoms with Crippen LogP contribution in [0.15, 0.2) is 60.7 Å². The highest BCUT2D eigenvalue weighted by atomic mass is 16.3. The molecule has 0 heterocycles. The third-order valence-corrected chi connectivity index (χ3v) is 5.38. The highest BCUT2D eigenvalue weighted by molar-refractivity contribution is 6.00. The first-order chi connectivity index (χ1) is 14.0. The summed E-state index contributed by atoms with van der Waals surface area (Å²) in [6, 6.07) is 19.9. The molecule has 1 atom stereocenters. The molecule has 0 aliphatic heterocycles. The average Bonchev–Trinajstić information content (AvgIpc) is 2.68. The summed E-state index contributed by atoms with van der Waals surface area (Å²) in [7, 11) is 0. The molecule has 4 rings (SSSR count). The molecular formula is C25H26N2O2. The lowest BCUT2D eigenvalue weighted by atomic mass is 9.88. The maximum atomic E-state index is 12.6. The standard InChI is InChI=1S/C25H26N2O2/c1-16-11-17(2)13-20(12-16)19-6-3-7-21(14-19)26-25(29)27-24-8-4-5-18-9-10-22(28)15-23(18)24/h3-8,11-14,22,28H,9-10,15H2,1-2H3,(H2,26,27,29). The van der Waals surface area contributed by atoms with Crippen molar-refractivity contribution in [2.45, 2.75) is 39.2 Å². The fraction of sp³-hybridized carbons (Fsp3) is 0.240. The van der Waals surface area contributed by atoms with E-state index >= 15 is 0 Å². The number of carbonyl (C=O) groups excluding carboxylic acids is 1. The Morgan fingerprint density at radius 2 is 1.69 bits per heavy atom. The highest BCUT2D eigenvalue weighted by Gasteiger charge is 2.20. The van der Waals surface area contributed by atoms with Gasteiger partial charge in [0.15, 0.2) is 0 Å². The summed E-state index contributed by atoms with van der Waals surface area (Å²) < 4.78 is 0. The fourth-order valence-electron chi connectivity index (χ4n) is 4.09. The number of aliphatic hydroxyl groups is 1. The second kappa shape index (κ2) is 8.10. The summed E-state index contributed by atoms with van der Waals surface area (Å²) >= 11 is 0. The maximum Gasteiger partial charge on any atom is 0.323 e. The number of nitrogens with one attached hydrogen (secondary N) is 2. The Kier molecular flexibility index (Phi) is 5.36. The zero-order chi connectivity index (χ0) is 20.4. The number of anilines is 2. The van der Waals surface area contributed by atoms with Crippen LogP contribution in [0.5, 0.6) is 0 Å². The number of amides is 2. The minimum Gasteiger partial charge on any atom is -0.393 e. The summed E-state index contributed by atoms with van der Waals surface area (Å²) in [6.07, 6.45) is 1.84. The summed E-state index contributed by atoms with van der Waals surface area (Å²) in [5, 5.41) is 15.9. The van der Waals surface area contributed by atoms with E-state index in [9.17, 15) is 9.90 Å². The van der Waals surface area contributed by atoms with Crippen LogP contribution in [0.25, 0.3) is 11.1 Å². The molecule has 148 valence electrons. The van der Waals surface area contributed by atoms with Gasteiger partial charge in [0.05, 0.1) is 6.10 Å². The largest absolute Gasteiger partial charge is 0.393 e. The second-order valence-corrected chi connectivity index (χ2v) is 7.88. The van der Waals surface area contributed by atoms with E-state index in [1.54, 1.807) is 0 Å². The van der Waals surface area contributed by atoms with Crippen LogP contribution in [0.3, 0.4) is 0 Å². The van der Waals surface area contributed by atoms with Gasteiger partial charge in [-0.05, 0) is 67.1 Å². The third-order valence-electron chi connectivity index (χ3n) is 5.38. The van der Waals surface area contributed by atoms with Gasteiger partial charge < -0.3 is 15.7 Å². The van der Waals surface area contributed by atoms with Crippen molar-refractivity contribution in [2.24, 2.45) is 0 Å². The number of benzene rings is 3. The molecule has 0 spiro atoms. The molecule has 0 fully saturated rings. The number of hydrogen-bond acceptors (Lipinski definition) is 2. The van der Waals surface area contributed by atoms with Gasteiger partial charge >= 0.3 is 6.03 Å². The van der Waals surface area contributed by atoms with E-state index in [2.05, 4.69) is 48.7 Å². The van der Waals surface area contributed by atoms with Crippen molar-refractivity contribution in [1.29, 1.82) is 0 Å². The van der Waals surface area contributed by atoms with E-state index < -0.39 is 0 Å². The maximum absolute atomic E-state index is 12.6. The van der Waals surface area contributed by atoms with Crippen molar-refractivity contribution in [3.63, 3.8) is 0 Å². The Bertz CT molecular complexity index is 1040. The number of aryl methyl sites for hydroxylation is 3. The van der Waals surface area contributed by atoms with Crippen molar-refractivity contribution in [1.82, 2.24) is 0 Å². The van der Waals surface area contributed by atoms with E-state index in [0.717, 1.165) is 40.9 Å². The van der Waals surface area contributed by atoms with Gasteiger partial charge in [0.25, 0.3) is 0 Å². The minimum absolute atomic E-state index is 0.281. The molecule has 0 bridgehead atoms. The average molecular weight is 386 g/mol. The summed E-state index contributed by atoms with van der Waals surface area (Å²) in [4.78, 5) is 12.6. The van der Waals surface area contributed by atoms with Gasteiger partial charge in [-0.25, -0.2) is 4.79 Å². The van der Waals surface area contributed by atoms with Gasteiger partial charge in [-0.15, -0.1) is 0 Å². The molecule has 2 amide bonds. The summed E-state index contributed by atoms with van der Waals surface area (Å²) in [6.45, 7) is 4.17. The number of hydrogen-bond donors (Lipinski definition) is 3. The number of rotatable bonds is 3. The molecule has 3 aromatic rings. The molecule has 0 saturated heterocycles. The topological polar surface area (TPSA) is 61.4 Å². The van der Waals surface area contributed by atoms with Crippen molar-refractivity contribution in [2.75, 3.05) is 10.6 Å². The molecular weight excluding hydrogens is 360 g/mol. The Morgan fingerprint density at radius 1 is 0.931 bits per heavy atom. The molecule has 1 unspecified atom stereocenters. The molecule has 0 radical (unpaired) electrons. The Labute approximate surface area is 171 Å². The van der Waals surface area contributed by atoms with Crippen LogP contribution in [0.4, 0.5) is 16.2 Å². The zero-order valence-corrected chi connectivity index (χ0v) is 16.8. The van der Waals surface area contributed by atoms with E-state index in [0.29, 0.717) is 6.42 Å². The smallest absolute Gasteiger partial charge is 0.323 e. The molecule has 3 N–H and O–H groups in total. The Morgan fingerprint density at radius 3 is 2.48 bits per heavy atom. The lowest BCUT2D eigenvalue weighted by Crippen LogP contribution is -2.24. The summed E-state index contributed by atoms with van der Waals surface area (Å²) in [5.41, 5.74) is 8.37. The van der Waals surface area contributed by atoms with Crippen LogP contribution in [0.1, 0.15) is 28.7 Å². The van der Waals surface area contributed by atoms with Crippen LogP contribution in [-0.4, -0.2) is 17.2 Å². The number of carbonyl (C=O) groups is 1. The predicted octanol–water partition coefficient (Wildman–Crippen LogP) is 5.46. The van der Waals surface area contributed by atoms with Gasteiger partial charge in [-0.3, -0.25) is 0 Å². The molecule has 1 aliphatic carbocycles. The van der Waals surface area contributed by atoms with Gasteiger partial charge in [0.2, 0.25) is 0 Å². The molecule has 1 aliphatic rings. The first-order valence-electron chi connectivity index (χ1n) is 10.0. The molecule has 4 heteroatoms. The van der Waals surface area contributed by atoms with E-state index in [-0.39, 0.29) is 12.1 Å². The van der Waals surface area contributed by atoms with Crippen LogP contribution in [-0.2, 0) is 12.8 Å². The molecule has 0 aromatic heterocycles. The van der Waals surface area contributed by atoms with Crippen LogP contribution >= 0.6 is 0 Å². The predicted molar refractivity (Wildman–Crippen MR) is 118 cm³/mol. The fourth-order valence-corrected chi connectivity index (χ4v) is 4.09. The molecule has 4 nitrogen and oxygen atoms in total. The number of urea groups is 1. The highest BCUT2D eigenvalue weighted by Crippen LogP contribution is 2.29. The minimum atomic E-state index is -0.344. The van der Waals surface area contributed by atoms with E-state index in [1.807, 2.05) is 36.4 Å². The SMILES string of the molecule is Cc1cc(C)cc(-c2cccc(NC(=O)Nc3cccc4c3CC(O)CC4)c2)c1.